The fraction of sp³-hybridized carbons (Fsp3) is 0.0909. The molecule has 2 N–H and O–H groups in total. The minimum atomic E-state index is -0.912. The molecule has 2 rings (SSSR count). The van der Waals surface area contributed by atoms with Crippen LogP contribution < -0.4 is 5.73 Å². The predicted octanol–water partition coefficient (Wildman–Crippen LogP) is 1.31. The normalized spacial score (nSPS) is 10.5. The largest absolute Gasteiger partial charge is 0.364 e. The zero-order valence-electron chi connectivity index (χ0n) is 8.73. The third-order valence-corrected chi connectivity index (χ3v) is 2.22. The van der Waals surface area contributed by atoms with Gasteiger partial charge >= 0.3 is 0 Å². The van der Waals surface area contributed by atoms with Gasteiger partial charge in [-0.05, 0) is 23.8 Å². The molecule has 2 aromatic rings. The molecule has 17 heavy (non-hydrogen) atoms. The number of benzene rings is 1. The highest BCUT2D eigenvalue weighted by atomic mass is 19.2. The van der Waals surface area contributed by atoms with Gasteiger partial charge in [-0.15, -0.1) is 0 Å². The maximum atomic E-state index is 12.9. The summed E-state index contributed by atoms with van der Waals surface area (Å²) < 4.78 is 27.0. The molecule has 1 heterocycles. The standard InChI is InChI=1S/C11H9F2N3O/c12-8-2-1-7(5-9(8)13)6-16-4-3-10(15-16)11(14)17/h1-5H,6H2,(H2,14,17). The fourth-order valence-electron chi connectivity index (χ4n) is 1.41. The molecule has 1 aromatic heterocycles. The minimum absolute atomic E-state index is 0.132. The summed E-state index contributed by atoms with van der Waals surface area (Å²) in [6.07, 6.45) is 1.54. The highest BCUT2D eigenvalue weighted by Gasteiger charge is 2.06. The maximum absolute atomic E-state index is 12.9. The van der Waals surface area contributed by atoms with Crippen LogP contribution in [0.3, 0.4) is 0 Å². The van der Waals surface area contributed by atoms with Gasteiger partial charge in [-0.3, -0.25) is 9.48 Å². The van der Waals surface area contributed by atoms with E-state index in [0.29, 0.717) is 5.56 Å². The average molecular weight is 237 g/mol. The van der Waals surface area contributed by atoms with E-state index in [4.69, 9.17) is 5.73 Å². The van der Waals surface area contributed by atoms with Gasteiger partial charge in [0, 0.05) is 6.20 Å². The zero-order valence-corrected chi connectivity index (χ0v) is 8.73. The van der Waals surface area contributed by atoms with Crippen LogP contribution in [0.2, 0.25) is 0 Å². The molecule has 0 atom stereocenters. The van der Waals surface area contributed by atoms with Crippen LogP contribution in [0.15, 0.2) is 30.5 Å². The molecule has 0 aliphatic carbocycles. The van der Waals surface area contributed by atoms with Crippen molar-refractivity contribution in [2.75, 3.05) is 0 Å². The van der Waals surface area contributed by atoms with E-state index < -0.39 is 17.5 Å². The second-order valence-electron chi connectivity index (χ2n) is 3.51. The molecule has 0 fully saturated rings. The van der Waals surface area contributed by atoms with E-state index in [-0.39, 0.29) is 12.2 Å². The lowest BCUT2D eigenvalue weighted by molar-refractivity contribution is 0.0995. The summed E-state index contributed by atoms with van der Waals surface area (Å²) in [7, 11) is 0. The molecular weight excluding hydrogens is 228 g/mol. The lowest BCUT2D eigenvalue weighted by Gasteiger charge is -2.02. The Morgan fingerprint density at radius 2 is 2.06 bits per heavy atom. The number of primary amides is 1. The number of carbonyl (C=O) groups is 1. The van der Waals surface area contributed by atoms with Gasteiger partial charge in [-0.2, -0.15) is 5.10 Å². The Kier molecular flexibility index (Phi) is 2.86. The molecule has 0 unspecified atom stereocenters. The lowest BCUT2D eigenvalue weighted by Crippen LogP contribution is -2.12. The monoisotopic (exact) mass is 237 g/mol. The number of aromatic nitrogens is 2. The Morgan fingerprint density at radius 3 is 2.65 bits per heavy atom. The first-order valence-electron chi connectivity index (χ1n) is 4.83. The maximum Gasteiger partial charge on any atom is 0.269 e. The first kappa shape index (κ1) is 11.3. The summed E-state index contributed by atoms with van der Waals surface area (Å²) in [6.45, 7) is 0.241. The van der Waals surface area contributed by atoms with Crippen molar-refractivity contribution < 1.29 is 13.6 Å². The number of nitrogens with zero attached hydrogens (tertiary/aromatic N) is 2. The van der Waals surface area contributed by atoms with Gasteiger partial charge in [0.1, 0.15) is 5.69 Å². The minimum Gasteiger partial charge on any atom is -0.364 e. The topological polar surface area (TPSA) is 60.9 Å². The van der Waals surface area contributed by atoms with E-state index in [1.54, 1.807) is 6.20 Å². The number of hydrogen-bond donors (Lipinski definition) is 1. The van der Waals surface area contributed by atoms with Crippen LogP contribution in [0.1, 0.15) is 16.1 Å². The summed E-state index contributed by atoms with van der Waals surface area (Å²) in [5.41, 5.74) is 5.72. The van der Waals surface area contributed by atoms with Gasteiger partial charge in [-0.25, -0.2) is 8.78 Å². The van der Waals surface area contributed by atoms with E-state index >= 15 is 0 Å². The molecular formula is C11H9F2N3O. The van der Waals surface area contributed by atoms with Crippen molar-refractivity contribution in [2.24, 2.45) is 5.73 Å². The fourth-order valence-corrected chi connectivity index (χ4v) is 1.41. The molecule has 0 spiro atoms. The quantitative estimate of drug-likeness (QED) is 0.874. The molecule has 88 valence electrons. The van der Waals surface area contributed by atoms with Gasteiger partial charge in [0.2, 0.25) is 0 Å². The van der Waals surface area contributed by atoms with Crippen LogP contribution in [-0.4, -0.2) is 15.7 Å². The predicted molar refractivity (Wildman–Crippen MR) is 56.2 cm³/mol. The molecule has 0 aliphatic rings. The van der Waals surface area contributed by atoms with Crippen molar-refractivity contribution in [2.45, 2.75) is 6.54 Å². The Morgan fingerprint density at radius 1 is 1.29 bits per heavy atom. The van der Waals surface area contributed by atoms with Crippen molar-refractivity contribution >= 4 is 5.91 Å². The molecule has 6 heteroatoms. The highest BCUT2D eigenvalue weighted by molar-refractivity contribution is 5.90. The molecule has 1 amide bonds. The Balaban J connectivity index is 2.19. The summed E-state index contributed by atoms with van der Waals surface area (Å²) >= 11 is 0. The SMILES string of the molecule is NC(=O)c1ccn(Cc2ccc(F)c(F)c2)n1. The summed E-state index contributed by atoms with van der Waals surface area (Å²) in [6, 6.07) is 5.04. The van der Waals surface area contributed by atoms with E-state index in [9.17, 15) is 13.6 Å². The van der Waals surface area contributed by atoms with Crippen LogP contribution >= 0.6 is 0 Å². The number of halogens is 2. The molecule has 0 saturated heterocycles. The van der Waals surface area contributed by atoms with Gasteiger partial charge < -0.3 is 5.73 Å². The van der Waals surface area contributed by atoms with Gasteiger partial charge in [0.05, 0.1) is 6.54 Å². The summed E-state index contributed by atoms with van der Waals surface area (Å²) in [5.74, 6) is -2.44. The number of hydrogen-bond acceptors (Lipinski definition) is 2. The summed E-state index contributed by atoms with van der Waals surface area (Å²) in [5, 5.41) is 3.88. The van der Waals surface area contributed by atoms with Crippen molar-refractivity contribution in [1.29, 1.82) is 0 Å². The van der Waals surface area contributed by atoms with Crippen LogP contribution in [0, 0.1) is 11.6 Å². The molecule has 0 radical (unpaired) electrons. The Bertz CT molecular complexity index is 566. The third kappa shape index (κ3) is 2.47. The zero-order chi connectivity index (χ0) is 12.4. The number of carbonyl (C=O) groups excluding carboxylic acids is 1. The van der Waals surface area contributed by atoms with Gasteiger partial charge in [-0.1, -0.05) is 6.07 Å². The average Bonchev–Trinajstić information content (AvgIpc) is 2.72. The molecule has 0 bridgehead atoms. The van der Waals surface area contributed by atoms with Crippen molar-refractivity contribution in [3.8, 4) is 0 Å². The highest BCUT2D eigenvalue weighted by Crippen LogP contribution is 2.10. The number of nitrogens with two attached hydrogens (primary N) is 1. The first-order chi connectivity index (χ1) is 8.06. The molecule has 0 aliphatic heterocycles. The molecule has 4 nitrogen and oxygen atoms in total. The van der Waals surface area contributed by atoms with E-state index in [0.717, 1.165) is 12.1 Å². The second-order valence-corrected chi connectivity index (χ2v) is 3.51. The third-order valence-electron chi connectivity index (χ3n) is 2.22. The first-order valence-corrected chi connectivity index (χ1v) is 4.83. The number of amides is 1. The second kappa shape index (κ2) is 4.32. The van der Waals surface area contributed by atoms with Crippen LogP contribution in [0.25, 0.3) is 0 Å². The van der Waals surface area contributed by atoms with Crippen molar-refractivity contribution in [3.63, 3.8) is 0 Å². The Labute approximate surface area is 95.7 Å². The van der Waals surface area contributed by atoms with E-state index in [1.165, 1.54) is 16.8 Å². The van der Waals surface area contributed by atoms with Crippen LogP contribution in [-0.2, 0) is 6.54 Å². The van der Waals surface area contributed by atoms with Crippen LogP contribution in [0.5, 0.6) is 0 Å². The molecule has 1 aromatic carbocycles. The Hall–Kier alpha value is -2.24. The van der Waals surface area contributed by atoms with Crippen molar-refractivity contribution in [1.82, 2.24) is 9.78 Å². The number of rotatable bonds is 3. The van der Waals surface area contributed by atoms with Crippen LogP contribution in [0.4, 0.5) is 8.78 Å². The molecule has 0 saturated carbocycles. The van der Waals surface area contributed by atoms with E-state index in [1.807, 2.05) is 0 Å². The van der Waals surface area contributed by atoms with Crippen molar-refractivity contribution in [3.05, 3.63) is 53.4 Å². The summed E-state index contributed by atoms with van der Waals surface area (Å²) in [4.78, 5) is 10.8. The van der Waals surface area contributed by atoms with Gasteiger partial charge in [0.25, 0.3) is 5.91 Å². The van der Waals surface area contributed by atoms with E-state index in [2.05, 4.69) is 5.10 Å². The van der Waals surface area contributed by atoms with Gasteiger partial charge in [0.15, 0.2) is 11.6 Å². The smallest absolute Gasteiger partial charge is 0.269 e. The lowest BCUT2D eigenvalue weighted by atomic mass is 10.2.